The van der Waals surface area contributed by atoms with Gasteiger partial charge in [-0.05, 0) is 87.5 Å². The molecule has 1 aromatic heterocycles. The summed E-state index contributed by atoms with van der Waals surface area (Å²) in [5.74, 6) is 3.58. The number of ether oxygens (including phenoxy) is 1. The van der Waals surface area contributed by atoms with Crippen molar-refractivity contribution in [2.75, 3.05) is 25.4 Å². The number of rotatable bonds is 9. The Balaban J connectivity index is 1.32. The lowest BCUT2D eigenvalue weighted by Gasteiger charge is -2.26. The van der Waals surface area contributed by atoms with Gasteiger partial charge in [0.05, 0.1) is 22.3 Å². The first-order valence-corrected chi connectivity index (χ1v) is 15.9. The number of hydrogen-bond donors (Lipinski definition) is 1. The highest BCUT2D eigenvalue weighted by atomic mass is 32.2. The van der Waals surface area contributed by atoms with E-state index in [9.17, 15) is 8.42 Å². The molecule has 2 aliphatic rings. The van der Waals surface area contributed by atoms with Gasteiger partial charge in [-0.15, -0.1) is 17.8 Å². The first-order chi connectivity index (χ1) is 18.3. The predicted molar refractivity (Wildman–Crippen MR) is 155 cm³/mol. The summed E-state index contributed by atoms with van der Waals surface area (Å²) in [5, 5.41) is 0.887. The molecule has 2 heterocycles. The molecule has 0 spiro atoms. The molecule has 1 fully saturated rings. The third-order valence-corrected chi connectivity index (χ3v) is 9.68. The zero-order valence-corrected chi connectivity index (χ0v) is 23.7. The first kappa shape index (κ1) is 26.9. The van der Waals surface area contributed by atoms with Gasteiger partial charge >= 0.3 is 0 Å². The third kappa shape index (κ3) is 6.13. The Morgan fingerprint density at radius 3 is 2.79 bits per heavy atom. The molecular weight excluding hydrogens is 514 g/mol. The molecule has 1 aliphatic heterocycles. The SMILES string of the molecule is C#Cc1cc(-c2ncc(-c3cccc4c3CCC4NS(=O)(=O)CCN3CCCCC3)s2)ccc1OC(C)C. The van der Waals surface area contributed by atoms with E-state index >= 15 is 0 Å². The fraction of sp³-hybridized carbons (Fsp3) is 0.433. The van der Waals surface area contributed by atoms with Crippen molar-refractivity contribution in [2.45, 2.75) is 58.1 Å². The van der Waals surface area contributed by atoms with E-state index in [-0.39, 0.29) is 17.9 Å². The molecule has 0 bridgehead atoms. The van der Waals surface area contributed by atoms with Crippen molar-refractivity contribution in [1.82, 2.24) is 14.6 Å². The number of fused-ring (bicyclic) bond motifs is 1. The molecule has 8 heteroatoms. The minimum Gasteiger partial charge on any atom is -0.490 e. The Kier molecular flexibility index (Phi) is 8.20. The quantitative estimate of drug-likeness (QED) is 0.350. The van der Waals surface area contributed by atoms with Crippen LogP contribution >= 0.6 is 11.3 Å². The van der Waals surface area contributed by atoms with Gasteiger partial charge in [-0.25, -0.2) is 18.1 Å². The van der Waals surface area contributed by atoms with Crippen molar-refractivity contribution in [3.8, 4) is 39.1 Å². The molecule has 1 atom stereocenters. The van der Waals surface area contributed by atoms with Crippen LogP contribution in [0.15, 0.2) is 42.6 Å². The van der Waals surface area contributed by atoms with Crippen molar-refractivity contribution in [2.24, 2.45) is 0 Å². The molecular formula is C30H35N3O3S2. The van der Waals surface area contributed by atoms with Crippen LogP contribution in [0.5, 0.6) is 5.75 Å². The molecule has 1 N–H and O–H groups in total. The molecule has 3 aromatic rings. The number of benzene rings is 2. The third-order valence-electron chi connectivity index (χ3n) is 7.23. The van der Waals surface area contributed by atoms with Crippen LogP contribution in [0.4, 0.5) is 0 Å². The second kappa shape index (κ2) is 11.6. The van der Waals surface area contributed by atoms with Crippen LogP contribution in [0.25, 0.3) is 21.0 Å². The molecule has 0 amide bonds. The minimum atomic E-state index is -3.36. The van der Waals surface area contributed by atoms with Crippen LogP contribution in [0.1, 0.15) is 62.3 Å². The van der Waals surface area contributed by atoms with Crippen molar-refractivity contribution < 1.29 is 13.2 Å². The number of thiazole rings is 1. The summed E-state index contributed by atoms with van der Waals surface area (Å²) in [7, 11) is -3.36. The maximum absolute atomic E-state index is 12.9. The van der Waals surface area contributed by atoms with E-state index in [1.54, 1.807) is 11.3 Å². The van der Waals surface area contributed by atoms with Crippen LogP contribution < -0.4 is 9.46 Å². The number of hydrogen-bond acceptors (Lipinski definition) is 6. The average Bonchev–Trinajstić information content (AvgIpc) is 3.56. The van der Waals surface area contributed by atoms with Gasteiger partial charge in [-0.3, -0.25) is 0 Å². The Morgan fingerprint density at radius 1 is 1.21 bits per heavy atom. The van der Waals surface area contributed by atoms with E-state index in [2.05, 4.69) is 27.7 Å². The summed E-state index contributed by atoms with van der Waals surface area (Å²) in [6.07, 6.45) is 12.9. The summed E-state index contributed by atoms with van der Waals surface area (Å²) >= 11 is 1.62. The zero-order chi connectivity index (χ0) is 26.7. The number of sulfonamides is 1. The summed E-state index contributed by atoms with van der Waals surface area (Å²) in [6, 6.07) is 11.8. The fourth-order valence-corrected chi connectivity index (χ4v) is 7.64. The Bertz CT molecular complexity index is 1430. The van der Waals surface area contributed by atoms with Gasteiger partial charge in [0.25, 0.3) is 0 Å². The Hall–Kier alpha value is -2.70. The average molecular weight is 550 g/mol. The first-order valence-electron chi connectivity index (χ1n) is 13.4. The molecule has 2 aromatic carbocycles. The summed E-state index contributed by atoms with van der Waals surface area (Å²) < 4.78 is 34.7. The van der Waals surface area contributed by atoms with Gasteiger partial charge in [-0.1, -0.05) is 30.5 Å². The molecule has 38 heavy (non-hydrogen) atoms. The van der Waals surface area contributed by atoms with Crippen LogP contribution in [-0.4, -0.2) is 49.8 Å². The summed E-state index contributed by atoms with van der Waals surface area (Å²) in [4.78, 5) is 8.03. The van der Waals surface area contributed by atoms with E-state index in [1.165, 1.54) is 12.0 Å². The van der Waals surface area contributed by atoms with E-state index < -0.39 is 10.0 Å². The maximum Gasteiger partial charge on any atom is 0.213 e. The highest BCUT2D eigenvalue weighted by Gasteiger charge is 2.29. The number of piperidine rings is 1. The van der Waals surface area contributed by atoms with Gasteiger partial charge in [0.1, 0.15) is 10.8 Å². The normalized spacial score (nSPS) is 17.9. The highest BCUT2D eigenvalue weighted by Crippen LogP contribution is 2.41. The monoisotopic (exact) mass is 549 g/mol. The maximum atomic E-state index is 12.9. The zero-order valence-electron chi connectivity index (χ0n) is 22.1. The minimum absolute atomic E-state index is 0.0440. The lowest BCUT2D eigenvalue weighted by atomic mass is 10.0. The van der Waals surface area contributed by atoms with Crippen LogP contribution in [0.3, 0.4) is 0 Å². The summed E-state index contributed by atoms with van der Waals surface area (Å²) in [5.41, 5.74) is 5.07. The number of nitrogens with zero attached hydrogens (tertiary/aromatic N) is 2. The van der Waals surface area contributed by atoms with Crippen molar-refractivity contribution in [1.29, 1.82) is 0 Å². The predicted octanol–water partition coefficient (Wildman–Crippen LogP) is 5.64. The number of nitrogens with one attached hydrogen (secondary N) is 1. The fourth-order valence-electron chi connectivity index (χ4n) is 5.38. The smallest absolute Gasteiger partial charge is 0.213 e. The van der Waals surface area contributed by atoms with Crippen LogP contribution in [0, 0.1) is 12.3 Å². The highest BCUT2D eigenvalue weighted by molar-refractivity contribution is 7.89. The number of likely N-dealkylation sites (tertiary alicyclic amines) is 1. The lowest BCUT2D eigenvalue weighted by Crippen LogP contribution is -2.38. The van der Waals surface area contributed by atoms with Crippen LogP contribution in [-0.2, 0) is 16.4 Å². The molecule has 0 saturated carbocycles. The van der Waals surface area contributed by atoms with Gasteiger partial charge in [0.2, 0.25) is 10.0 Å². The second-order valence-corrected chi connectivity index (χ2v) is 13.3. The van der Waals surface area contributed by atoms with E-state index in [4.69, 9.17) is 16.1 Å². The summed E-state index contributed by atoms with van der Waals surface area (Å²) in [6.45, 7) is 6.56. The van der Waals surface area contributed by atoms with Gasteiger partial charge < -0.3 is 9.64 Å². The van der Waals surface area contributed by atoms with E-state index in [0.29, 0.717) is 17.9 Å². The van der Waals surface area contributed by atoms with Crippen molar-refractivity contribution >= 4 is 21.4 Å². The molecule has 0 radical (unpaired) electrons. The van der Waals surface area contributed by atoms with Crippen LogP contribution in [0.2, 0.25) is 0 Å². The van der Waals surface area contributed by atoms with E-state index in [0.717, 1.165) is 65.3 Å². The Morgan fingerprint density at radius 2 is 2.03 bits per heavy atom. The van der Waals surface area contributed by atoms with Gasteiger partial charge in [0.15, 0.2) is 0 Å². The lowest BCUT2D eigenvalue weighted by molar-refractivity contribution is 0.241. The topological polar surface area (TPSA) is 71.5 Å². The molecule has 6 nitrogen and oxygen atoms in total. The van der Waals surface area contributed by atoms with Gasteiger partial charge in [-0.2, -0.15) is 0 Å². The van der Waals surface area contributed by atoms with E-state index in [1.807, 2.05) is 44.3 Å². The number of aromatic nitrogens is 1. The number of terminal acetylenes is 1. The largest absolute Gasteiger partial charge is 0.490 e. The molecule has 1 saturated heterocycles. The molecule has 200 valence electrons. The molecule has 5 rings (SSSR count). The van der Waals surface area contributed by atoms with Gasteiger partial charge in [0, 0.05) is 24.3 Å². The molecule has 1 unspecified atom stereocenters. The Labute approximate surface area is 230 Å². The second-order valence-electron chi connectivity index (χ2n) is 10.4. The standard InChI is InChI=1S/C30H35N3O3S2/c1-4-22-19-23(11-14-28(22)36-21(2)3)30-31-20-29(37-30)26-10-8-9-25-24(26)12-13-27(25)32-38(34,35)18-17-33-15-6-5-7-16-33/h1,8-11,14,19-21,27,32H,5-7,12-13,15-18H2,2-3H3. The van der Waals surface area contributed by atoms with Crippen molar-refractivity contribution in [3.05, 3.63) is 59.3 Å². The van der Waals surface area contributed by atoms with Crippen molar-refractivity contribution in [3.63, 3.8) is 0 Å². The molecule has 1 aliphatic carbocycles.